The number of β-amino-alcohol motifs (C(OH)–C–C–N with tert-alkyl or cyclic N) is 1. The van der Waals surface area contributed by atoms with Crippen molar-refractivity contribution in [2.24, 2.45) is 5.73 Å². The van der Waals surface area contributed by atoms with Crippen LogP contribution in [0, 0.1) is 5.82 Å². The number of alkyl halides is 3. The summed E-state index contributed by atoms with van der Waals surface area (Å²) >= 11 is 0. The van der Waals surface area contributed by atoms with Crippen LogP contribution in [0.2, 0.25) is 0 Å². The van der Waals surface area contributed by atoms with E-state index in [0.717, 1.165) is 30.9 Å². The number of sulfonamides is 1. The van der Waals surface area contributed by atoms with Gasteiger partial charge < -0.3 is 16.2 Å². The summed E-state index contributed by atoms with van der Waals surface area (Å²) in [5.41, 5.74) is 5.95. The van der Waals surface area contributed by atoms with Crippen molar-refractivity contribution in [1.29, 1.82) is 0 Å². The summed E-state index contributed by atoms with van der Waals surface area (Å²) in [6.45, 7) is 0.286. The maximum atomic E-state index is 14.0. The molecule has 2 atom stereocenters. The zero-order chi connectivity index (χ0) is 33.4. The Kier molecular flexibility index (Phi) is 9.54. The Bertz CT molecular complexity index is 1730. The average molecular weight is 667 g/mol. The van der Waals surface area contributed by atoms with Crippen LogP contribution in [-0.2, 0) is 47.0 Å². The molecule has 248 valence electrons. The molecule has 2 aliphatic rings. The number of hydrogen-bond donors (Lipinski definition) is 3. The molecule has 0 spiro atoms. The second-order valence-electron chi connectivity index (χ2n) is 11.6. The zero-order valence-electron chi connectivity index (χ0n) is 24.9. The van der Waals surface area contributed by atoms with Crippen LogP contribution in [0.4, 0.5) is 17.6 Å². The first-order chi connectivity index (χ1) is 21.6. The second-order valence-corrected chi connectivity index (χ2v) is 13.6. The lowest BCUT2D eigenvalue weighted by molar-refractivity contribution is -0.138. The number of nitrogens with two attached hydrogens (primary N) is 1. The first-order valence-electron chi connectivity index (χ1n) is 14.6. The first kappa shape index (κ1) is 33.5. The molecule has 0 bridgehead atoms. The normalized spacial score (nSPS) is 18.3. The van der Waals surface area contributed by atoms with E-state index in [9.17, 15) is 40.7 Å². The molecular weight excluding hydrogens is 632 g/mol. The van der Waals surface area contributed by atoms with Gasteiger partial charge in [0.2, 0.25) is 15.9 Å². The Morgan fingerprint density at radius 1 is 1.13 bits per heavy atom. The van der Waals surface area contributed by atoms with Crippen molar-refractivity contribution in [2.45, 2.75) is 57.2 Å². The Hall–Kier alpha value is -3.86. The van der Waals surface area contributed by atoms with Gasteiger partial charge in [0.1, 0.15) is 5.82 Å². The molecule has 1 aromatic heterocycles. The second kappa shape index (κ2) is 13.1. The smallest absolute Gasteiger partial charge is 0.390 e. The fraction of sp³-hybridized carbons (Fsp3) is 0.433. The third-order valence-electron chi connectivity index (χ3n) is 8.32. The number of primary amides is 1. The highest BCUT2D eigenvalue weighted by Gasteiger charge is 2.35. The fourth-order valence-corrected chi connectivity index (χ4v) is 6.86. The number of carbonyl (C=O) groups excluding carboxylic acids is 2. The number of nitrogens with one attached hydrogen (secondary N) is 1. The molecule has 2 aliphatic heterocycles. The lowest BCUT2D eigenvalue weighted by Crippen LogP contribution is -2.44. The predicted octanol–water partition coefficient (Wildman–Crippen LogP) is 2.27. The number of carbonyl (C=O) groups is 2. The van der Waals surface area contributed by atoms with Gasteiger partial charge in [-0.3, -0.25) is 19.2 Å². The molecule has 11 nitrogen and oxygen atoms in total. The van der Waals surface area contributed by atoms with Crippen LogP contribution in [0.25, 0.3) is 11.3 Å². The number of aliphatic hydroxyl groups excluding tert-OH is 1. The van der Waals surface area contributed by atoms with Crippen molar-refractivity contribution in [3.05, 3.63) is 76.2 Å². The molecule has 2 aromatic carbocycles. The lowest BCUT2D eigenvalue weighted by atomic mass is 9.97. The Labute approximate surface area is 263 Å². The molecule has 1 fully saturated rings. The number of rotatable bonds is 10. The number of halogens is 4. The molecule has 2 amide bonds. The first-order valence-corrected chi connectivity index (χ1v) is 16.5. The van der Waals surface area contributed by atoms with Gasteiger partial charge in [-0.2, -0.15) is 22.6 Å². The number of nitrogens with zero attached hydrogens (tertiary/aromatic N) is 4. The average Bonchev–Trinajstić information content (AvgIpc) is 3.59. The largest absolute Gasteiger partial charge is 0.416 e. The molecule has 0 saturated carbocycles. The minimum absolute atomic E-state index is 0.00951. The van der Waals surface area contributed by atoms with Crippen LogP contribution in [0.3, 0.4) is 0 Å². The summed E-state index contributed by atoms with van der Waals surface area (Å²) in [4.78, 5) is 26.2. The molecule has 1 saturated heterocycles. The van der Waals surface area contributed by atoms with Gasteiger partial charge in [-0.15, -0.1) is 0 Å². The van der Waals surface area contributed by atoms with Crippen molar-refractivity contribution < 1.29 is 40.7 Å². The minimum atomic E-state index is -4.75. The Balaban J connectivity index is 1.48. The summed E-state index contributed by atoms with van der Waals surface area (Å²) in [5.74, 6) is -1.75. The molecule has 3 aromatic rings. The number of aromatic nitrogens is 2. The van der Waals surface area contributed by atoms with Crippen LogP contribution < -0.4 is 11.1 Å². The maximum absolute atomic E-state index is 14.0. The zero-order valence-corrected chi connectivity index (χ0v) is 25.7. The Morgan fingerprint density at radius 3 is 2.50 bits per heavy atom. The van der Waals surface area contributed by atoms with Crippen molar-refractivity contribution in [2.75, 3.05) is 25.9 Å². The molecule has 3 heterocycles. The van der Waals surface area contributed by atoms with E-state index in [2.05, 4.69) is 10.4 Å². The maximum Gasteiger partial charge on any atom is 0.416 e. The third kappa shape index (κ3) is 7.40. The third-order valence-corrected chi connectivity index (χ3v) is 9.57. The number of aliphatic hydroxyl groups is 1. The van der Waals surface area contributed by atoms with E-state index in [-0.39, 0.29) is 55.0 Å². The molecule has 4 N–H and O–H groups in total. The summed E-state index contributed by atoms with van der Waals surface area (Å²) in [5, 5.41) is 18.1. The highest BCUT2D eigenvalue weighted by atomic mass is 32.2. The fourth-order valence-electron chi connectivity index (χ4n) is 6.07. The van der Waals surface area contributed by atoms with Crippen LogP contribution in [0.15, 0.2) is 42.5 Å². The van der Waals surface area contributed by atoms with E-state index >= 15 is 0 Å². The van der Waals surface area contributed by atoms with E-state index < -0.39 is 58.1 Å². The van der Waals surface area contributed by atoms with Crippen LogP contribution in [0.5, 0.6) is 0 Å². The topological polar surface area (TPSA) is 151 Å². The standard InChI is InChI=1S/C30H34F4N6O5S/c1-46(44,45)39-12-10-25-23(17-39)27(37-40(25)16-22(41)15-38-11-2-3-26(38)28(35)42)19-6-9-24(30(32,33)34)20(13-19)14-36-29(43)18-4-7-21(31)8-5-18/h4-9,13,22,26,41H,2-3,10-12,14-17H2,1H3,(H2,35,42)(H,36,43). The lowest BCUT2D eigenvalue weighted by Gasteiger charge is -2.27. The highest BCUT2D eigenvalue weighted by molar-refractivity contribution is 7.88. The van der Waals surface area contributed by atoms with Crippen LogP contribution in [-0.4, -0.2) is 82.4 Å². The van der Waals surface area contributed by atoms with E-state index in [1.165, 1.54) is 33.3 Å². The number of hydrogen-bond acceptors (Lipinski definition) is 7. The van der Waals surface area contributed by atoms with E-state index in [4.69, 9.17) is 5.73 Å². The summed E-state index contributed by atoms with van der Waals surface area (Å²) in [7, 11) is -3.62. The van der Waals surface area contributed by atoms with Crippen molar-refractivity contribution >= 4 is 21.8 Å². The van der Waals surface area contributed by atoms with Crippen molar-refractivity contribution in [1.82, 2.24) is 24.3 Å². The van der Waals surface area contributed by atoms with Gasteiger partial charge >= 0.3 is 6.18 Å². The summed E-state index contributed by atoms with van der Waals surface area (Å²) in [6.07, 6.45) is -3.07. The van der Waals surface area contributed by atoms with Gasteiger partial charge in [0.05, 0.1) is 36.2 Å². The molecule has 0 radical (unpaired) electrons. The van der Waals surface area contributed by atoms with Gasteiger partial charge in [-0.1, -0.05) is 6.07 Å². The van der Waals surface area contributed by atoms with Gasteiger partial charge in [0.25, 0.3) is 5.91 Å². The molecule has 5 rings (SSSR count). The SMILES string of the molecule is CS(=O)(=O)N1CCc2c(c(-c3ccc(C(F)(F)F)c(CNC(=O)c4ccc(F)cc4)c3)nn2CC(O)CN2CCCC2C(N)=O)C1. The number of benzene rings is 2. The quantitative estimate of drug-likeness (QED) is 0.281. The number of fused-ring (bicyclic) bond motifs is 1. The van der Waals surface area contributed by atoms with Crippen LogP contribution in [0.1, 0.15) is 45.6 Å². The van der Waals surface area contributed by atoms with Gasteiger partial charge in [0, 0.05) is 55.0 Å². The van der Waals surface area contributed by atoms with Crippen molar-refractivity contribution in [3.63, 3.8) is 0 Å². The van der Waals surface area contributed by atoms with E-state index in [1.54, 1.807) is 4.90 Å². The predicted molar refractivity (Wildman–Crippen MR) is 159 cm³/mol. The van der Waals surface area contributed by atoms with Gasteiger partial charge in [-0.05, 0) is 61.3 Å². The molecule has 46 heavy (non-hydrogen) atoms. The molecule has 0 aliphatic carbocycles. The van der Waals surface area contributed by atoms with Crippen LogP contribution >= 0.6 is 0 Å². The number of amides is 2. The highest BCUT2D eigenvalue weighted by Crippen LogP contribution is 2.37. The molecule has 16 heteroatoms. The molecular formula is C30H34F4N6O5S. The van der Waals surface area contributed by atoms with E-state index in [1.807, 2.05) is 0 Å². The summed E-state index contributed by atoms with van der Waals surface area (Å²) in [6, 6.07) is 7.42. The van der Waals surface area contributed by atoms with Gasteiger partial charge in [-0.25, -0.2) is 12.8 Å². The van der Waals surface area contributed by atoms with E-state index in [0.29, 0.717) is 24.2 Å². The minimum Gasteiger partial charge on any atom is -0.390 e. The Morgan fingerprint density at radius 2 is 1.85 bits per heavy atom. The van der Waals surface area contributed by atoms with Gasteiger partial charge in [0.15, 0.2) is 0 Å². The number of likely N-dealkylation sites (tertiary alicyclic amines) is 1. The monoisotopic (exact) mass is 666 g/mol. The molecule has 2 unspecified atom stereocenters. The van der Waals surface area contributed by atoms with Crippen molar-refractivity contribution in [3.8, 4) is 11.3 Å². The summed E-state index contributed by atoms with van der Waals surface area (Å²) < 4.78 is 83.0.